The van der Waals surface area contributed by atoms with E-state index >= 15 is 4.39 Å². The molecule has 320 valence electrons. The Bertz CT molecular complexity index is 1780. The van der Waals surface area contributed by atoms with Crippen LogP contribution in [0.1, 0.15) is 50.9 Å². The average molecular weight is 860 g/mol. The quantitative estimate of drug-likeness (QED) is 0.0550. The first kappa shape index (κ1) is 48.4. The number of benzene rings is 2. The number of amides is 3. The number of carbonyl (C=O) groups is 4. The molecule has 2 atom stereocenters. The summed E-state index contributed by atoms with van der Waals surface area (Å²) in [5.74, 6) is -1.92. The number of hydrogen-bond donors (Lipinski definition) is 3. The minimum absolute atomic E-state index is 0.0423. The molecule has 4 N–H and O–H groups in total. The summed E-state index contributed by atoms with van der Waals surface area (Å²) < 4.78 is 42.3. The standard InChI is InChI=1S/C42H63F2N5O6SSi2/c1-42(2,3)39(36-24-31(33-25-32(43)14-15-34(33)44)28-48(36)27-30-12-9-8-10-13-30)49(18-11-17-46-41(53)55-20-23-58(6)7)38(51)29-56-21-16-37(50)47-35(26-45)40(52)54-19-22-57(4)5/h8-10,12-15,24-25,28,35,39,57-58H,11,16-23,26-27,29,45H2,1-7H3,(H,46,53)(H,47,50)/t35-,39+/m1/s1. The Morgan fingerprint density at radius 3 is 2.26 bits per heavy atom. The van der Waals surface area contributed by atoms with Crippen LogP contribution in [0.5, 0.6) is 0 Å². The van der Waals surface area contributed by atoms with Crippen LogP contribution in [0, 0.1) is 17.0 Å². The summed E-state index contributed by atoms with van der Waals surface area (Å²) in [6, 6.07) is 15.1. The number of carbonyl (C=O) groups excluding carboxylic acids is 4. The second kappa shape index (κ2) is 24.2. The molecule has 2 aromatic carbocycles. The number of nitrogens with zero attached hydrogens (tertiary/aromatic N) is 2. The third-order valence-electron chi connectivity index (χ3n) is 9.37. The molecular weight excluding hydrogens is 797 g/mol. The van der Waals surface area contributed by atoms with Gasteiger partial charge in [-0.25, -0.2) is 18.4 Å². The molecular formula is C42H63F2N5O6SSi2. The second-order valence-electron chi connectivity index (χ2n) is 16.4. The van der Waals surface area contributed by atoms with E-state index < -0.39 is 58.8 Å². The van der Waals surface area contributed by atoms with Gasteiger partial charge < -0.3 is 35.3 Å². The number of thioether (sulfide) groups is 1. The number of aromatic nitrogens is 1. The van der Waals surface area contributed by atoms with E-state index in [1.807, 2.05) is 61.7 Å². The largest absolute Gasteiger partial charge is 0.464 e. The maximum absolute atomic E-state index is 15.2. The fourth-order valence-corrected chi connectivity index (χ4v) is 8.26. The van der Waals surface area contributed by atoms with E-state index in [-0.39, 0.29) is 49.2 Å². The molecule has 1 heterocycles. The second-order valence-corrected chi connectivity index (χ2v) is 24.2. The number of halogens is 2. The van der Waals surface area contributed by atoms with Crippen molar-refractivity contribution in [2.24, 2.45) is 11.1 Å². The lowest BCUT2D eigenvalue weighted by molar-refractivity contribution is -0.147. The van der Waals surface area contributed by atoms with Gasteiger partial charge in [0.25, 0.3) is 0 Å². The summed E-state index contributed by atoms with van der Waals surface area (Å²) in [7, 11) is -1.77. The number of rotatable bonds is 23. The fraction of sp³-hybridized carbons (Fsp3) is 0.524. The molecule has 3 rings (SSSR count). The van der Waals surface area contributed by atoms with E-state index in [1.54, 1.807) is 11.1 Å². The Morgan fingerprint density at radius 2 is 1.62 bits per heavy atom. The molecule has 3 amide bonds. The molecule has 3 aromatic rings. The van der Waals surface area contributed by atoms with Gasteiger partial charge in [0.1, 0.15) is 17.7 Å². The van der Waals surface area contributed by atoms with Gasteiger partial charge in [0.15, 0.2) is 0 Å². The SMILES string of the molecule is C[SiH](C)CCOC(=O)NCCCN(C(=O)CSCCC(=O)N[C@H](CN)C(=O)OCC[SiH](C)C)[C@@H](c1cc(-c2cc(F)ccc2F)cn1Cc1ccccc1)C(C)(C)C. The lowest BCUT2D eigenvalue weighted by Crippen LogP contribution is -2.47. The smallest absolute Gasteiger partial charge is 0.407 e. The molecule has 16 heteroatoms. The normalized spacial score (nSPS) is 12.6. The van der Waals surface area contributed by atoms with Crippen LogP contribution in [-0.2, 0) is 30.4 Å². The van der Waals surface area contributed by atoms with Crippen LogP contribution in [0.3, 0.4) is 0 Å². The summed E-state index contributed by atoms with van der Waals surface area (Å²) in [5.41, 5.74) is 7.50. The van der Waals surface area contributed by atoms with Gasteiger partial charge in [0, 0.05) is 79.0 Å². The molecule has 1 aromatic heterocycles. The lowest BCUT2D eigenvalue weighted by atomic mass is 9.83. The van der Waals surface area contributed by atoms with E-state index in [2.05, 4.69) is 36.8 Å². The van der Waals surface area contributed by atoms with Crippen molar-refractivity contribution in [1.29, 1.82) is 0 Å². The lowest BCUT2D eigenvalue weighted by Gasteiger charge is -2.41. The highest BCUT2D eigenvalue weighted by atomic mass is 32.2. The summed E-state index contributed by atoms with van der Waals surface area (Å²) in [6.45, 7) is 16.3. The van der Waals surface area contributed by atoms with Crippen molar-refractivity contribution in [3.8, 4) is 11.1 Å². The minimum atomic E-state index is -0.947. The third kappa shape index (κ3) is 16.3. The number of ether oxygens (including phenoxy) is 2. The molecule has 0 radical (unpaired) electrons. The van der Waals surface area contributed by atoms with Crippen molar-refractivity contribution in [2.75, 3.05) is 44.4 Å². The molecule has 58 heavy (non-hydrogen) atoms. The van der Waals surface area contributed by atoms with Crippen LogP contribution in [-0.4, -0.2) is 101 Å². The molecule has 0 saturated carbocycles. The Kier molecular flexibility index (Phi) is 20.2. The van der Waals surface area contributed by atoms with Crippen molar-refractivity contribution >= 4 is 53.2 Å². The van der Waals surface area contributed by atoms with Gasteiger partial charge in [-0.3, -0.25) is 9.59 Å². The third-order valence-corrected chi connectivity index (χ3v) is 13.1. The van der Waals surface area contributed by atoms with E-state index in [0.717, 1.165) is 35.5 Å². The highest BCUT2D eigenvalue weighted by molar-refractivity contribution is 7.99. The predicted octanol–water partition coefficient (Wildman–Crippen LogP) is 6.60. The Labute approximate surface area is 350 Å². The van der Waals surface area contributed by atoms with Crippen molar-refractivity contribution in [3.05, 3.63) is 83.7 Å². The minimum Gasteiger partial charge on any atom is -0.464 e. The van der Waals surface area contributed by atoms with Crippen LogP contribution < -0.4 is 16.4 Å². The van der Waals surface area contributed by atoms with Crippen LogP contribution in [0.4, 0.5) is 13.6 Å². The van der Waals surface area contributed by atoms with Crippen molar-refractivity contribution in [3.63, 3.8) is 0 Å². The van der Waals surface area contributed by atoms with Gasteiger partial charge in [-0.05, 0) is 53.8 Å². The van der Waals surface area contributed by atoms with Crippen molar-refractivity contribution in [2.45, 2.75) is 90.5 Å². The van der Waals surface area contributed by atoms with Gasteiger partial charge >= 0.3 is 12.1 Å². The number of hydrogen-bond acceptors (Lipinski definition) is 8. The van der Waals surface area contributed by atoms with Crippen molar-refractivity contribution < 1.29 is 37.4 Å². The Balaban J connectivity index is 1.87. The van der Waals surface area contributed by atoms with Crippen LogP contribution in [0.2, 0.25) is 38.3 Å². The molecule has 0 unspecified atom stereocenters. The van der Waals surface area contributed by atoms with Crippen molar-refractivity contribution in [1.82, 2.24) is 20.1 Å². The van der Waals surface area contributed by atoms with Crippen LogP contribution >= 0.6 is 11.8 Å². The molecule has 0 aliphatic heterocycles. The summed E-state index contributed by atoms with van der Waals surface area (Å²) in [4.78, 5) is 53.9. The fourth-order valence-electron chi connectivity index (χ4n) is 6.27. The topological polar surface area (TPSA) is 145 Å². The van der Waals surface area contributed by atoms with E-state index in [9.17, 15) is 23.6 Å². The zero-order valence-electron chi connectivity index (χ0n) is 35.2. The summed E-state index contributed by atoms with van der Waals surface area (Å²) >= 11 is 1.29. The molecule has 0 bridgehead atoms. The van der Waals surface area contributed by atoms with Gasteiger partial charge in [0.05, 0.1) is 25.0 Å². The van der Waals surface area contributed by atoms with Crippen LogP contribution in [0.15, 0.2) is 60.8 Å². The van der Waals surface area contributed by atoms with Gasteiger partial charge in [-0.1, -0.05) is 77.3 Å². The zero-order valence-corrected chi connectivity index (χ0v) is 38.3. The highest BCUT2D eigenvalue weighted by Gasteiger charge is 2.37. The summed E-state index contributed by atoms with van der Waals surface area (Å²) in [6.07, 6.45) is 1.76. The van der Waals surface area contributed by atoms with E-state index in [4.69, 9.17) is 15.2 Å². The molecule has 0 fully saturated rings. The molecule has 11 nitrogen and oxygen atoms in total. The predicted molar refractivity (Wildman–Crippen MR) is 234 cm³/mol. The zero-order chi connectivity index (χ0) is 42.8. The maximum atomic E-state index is 15.2. The van der Waals surface area contributed by atoms with E-state index in [0.29, 0.717) is 37.5 Å². The van der Waals surface area contributed by atoms with Gasteiger partial charge in [0.2, 0.25) is 11.8 Å². The highest BCUT2D eigenvalue weighted by Crippen LogP contribution is 2.41. The monoisotopic (exact) mass is 859 g/mol. The van der Waals surface area contributed by atoms with Crippen LogP contribution in [0.25, 0.3) is 11.1 Å². The van der Waals surface area contributed by atoms with Gasteiger partial charge in [-0.15, -0.1) is 0 Å². The Morgan fingerprint density at radius 1 is 0.948 bits per heavy atom. The first-order valence-electron chi connectivity index (χ1n) is 20.1. The van der Waals surface area contributed by atoms with Gasteiger partial charge in [-0.2, -0.15) is 11.8 Å². The van der Waals surface area contributed by atoms with E-state index in [1.165, 1.54) is 17.8 Å². The number of nitrogens with two attached hydrogens (primary N) is 1. The number of esters is 1. The molecule has 0 saturated heterocycles. The number of nitrogens with one attached hydrogen (secondary N) is 2. The first-order valence-corrected chi connectivity index (χ1v) is 27.5. The maximum Gasteiger partial charge on any atom is 0.407 e. The molecule has 0 aliphatic rings. The molecule has 0 spiro atoms. The molecule has 0 aliphatic carbocycles. The summed E-state index contributed by atoms with van der Waals surface area (Å²) in [5, 5.41) is 5.46. The average Bonchev–Trinajstić information content (AvgIpc) is 3.55. The number of alkyl carbamates (subject to hydrolysis) is 1. The first-order chi connectivity index (χ1) is 27.5. The Hall–Kier alpha value is -4.00.